The molecule has 18 heteroatoms. The monoisotopic (exact) mass is 945 g/mol. The van der Waals surface area contributed by atoms with Crippen molar-refractivity contribution in [3.8, 4) is 0 Å². The molecule has 0 aliphatic carbocycles. The van der Waals surface area contributed by atoms with E-state index in [1.165, 1.54) is 108 Å². The van der Waals surface area contributed by atoms with Crippen LogP contribution in [0.15, 0.2) is 60.7 Å². The van der Waals surface area contributed by atoms with Crippen molar-refractivity contribution in [1.82, 2.24) is 57.2 Å². The zero-order valence-electron chi connectivity index (χ0n) is 41.6. The molecule has 7 fully saturated rings. The molecule has 380 valence electrons. The Morgan fingerprint density at radius 3 is 1.20 bits per heavy atom. The Kier molecular flexibility index (Phi) is 51.6. The van der Waals surface area contributed by atoms with E-state index in [2.05, 4.69) is 163 Å². The van der Waals surface area contributed by atoms with Crippen molar-refractivity contribution >= 4 is 43.5 Å². The van der Waals surface area contributed by atoms with Gasteiger partial charge >= 0.3 is 0 Å². The summed E-state index contributed by atoms with van der Waals surface area (Å²) in [4.78, 5) is 18.7. The maximum atomic E-state index is 9.22. The molecule has 0 spiro atoms. The first kappa shape index (κ1) is 64.7. The molecule has 0 bridgehead atoms. The lowest BCUT2D eigenvalue weighted by Crippen LogP contribution is -2.43. The fraction of sp³-hybridized carbons (Fsp3) is 0.667. The van der Waals surface area contributed by atoms with Crippen molar-refractivity contribution in [3.63, 3.8) is 0 Å². The summed E-state index contributed by atoms with van der Waals surface area (Å²) in [6.07, 6.45) is 4.22. The molecule has 7 saturated heterocycles. The quantitative estimate of drug-likeness (QED) is 0.197. The van der Waals surface area contributed by atoms with E-state index in [0.717, 1.165) is 98.3 Å². The number of piperazine rings is 4. The number of amides is 1. The number of piperidine rings is 1. The first-order valence-corrected chi connectivity index (χ1v) is 25.1. The molecule has 9 rings (SSSR count). The second-order valence-corrected chi connectivity index (χ2v) is 16.9. The number of nitrogens with one attached hydrogen (secondary N) is 11. The van der Waals surface area contributed by atoms with Gasteiger partial charge in [0.15, 0.2) is 0 Å². The number of nitrogens with zero attached hydrogens (tertiary/aromatic N) is 4. The van der Waals surface area contributed by atoms with Crippen LogP contribution in [-0.2, 0) is 11.3 Å². The lowest BCUT2D eigenvalue weighted by molar-refractivity contribution is -0.115. The number of hydrogen-bond donors (Lipinski definition) is 12. The molecule has 0 atom stereocenters. The summed E-state index contributed by atoms with van der Waals surface area (Å²) in [7, 11) is 4.26. The third kappa shape index (κ3) is 44.5. The molecule has 2 aromatic carbocycles. The van der Waals surface area contributed by atoms with Crippen LogP contribution in [0.5, 0.6) is 0 Å². The summed E-state index contributed by atoms with van der Waals surface area (Å²) in [5, 5.41) is 42.7. The minimum Gasteiger partial charge on any atom is -0.370 e. The number of carbonyl (C=O) groups excluding carboxylic acids is 1. The van der Waals surface area contributed by atoms with E-state index < -0.39 is 0 Å². The number of hydrogen-bond acceptors (Lipinski definition) is 17. The molecule has 1 amide bonds. The fourth-order valence-electron chi connectivity index (χ4n) is 6.59. The highest BCUT2D eigenvalue weighted by Crippen LogP contribution is 2.12. The molecule has 0 radical (unpaired) electrons. The van der Waals surface area contributed by atoms with Crippen LogP contribution in [0.25, 0.3) is 0 Å². The summed E-state index contributed by atoms with van der Waals surface area (Å²) in [5.41, 5.74) is 7.24. The average Bonchev–Trinajstić information content (AvgIpc) is 3.90. The third-order valence-electron chi connectivity index (χ3n) is 10.1. The molecule has 17 nitrogen and oxygen atoms in total. The highest BCUT2D eigenvalue weighted by atomic mass is 32.2. The second kappa shape index (κ2) is 52.6. The maximum Gasteiger partial charge on any atom is 0.214 e. The van der Waals surface area contributed by atoms with Crippen molar-refractivity contribution in [2.24, 2.45) is 5.73 Å². The lowest BCUT2D eigenvalue weighted by atomic mass is 10.2. The molecule has 0 aromatic heterocycles. The van der Waals surface area contributed by atoms with Crippen molar-refractivity contribution in [3.05, 3.63) is 66.2 Å². The highest BCUT2D eigenvalue weighted by molar-refractivity contribution is 7.99. The molecular weight excluding hydrogens is 849 g/mol. The van der Waals surface area contributed by atoms with Crippen LogP contribution in [-0.4, -0.2) is 217 Å². The molecular formula is C48H96N16OS. The van der Waals surface area contributed by atoms with Gasteiger partial charge in [-0.3, -0.25) is 14.6 Å². The Morgan fingerprint density at radius 1 is 0.515 bits per heavy atom. The van der Waals surface area contributed by atoms with Gasteiger partial charge in [0.2, 0.25) is 5.91 Å². The topological polar surface area (TPSA) is 224 Å². The van der Waals surface area contributed by atoms with Crippen LogP contribution in [0, 0.1) is 16.2 Å². The zero-order chi connectivity index (χ0) is 49.0. The van der Waals surface area contributed by atoms with Gasteiger partial charge in [-0.2, -0.15) is 11.8 Å². The lowest BCUT2D eigenvalue weighted by Gasteiger charge is -2.29. The van der Waals surface area contributed by atoms with Gasteiger partial charge in [0, 0.05) is 168 Å². The van der Waals surface area contributed by atoms with Crippen LogP contribution in [0.4, 0.5) is 5.69 Å². The van der Waals surface area contributed by atoms with Gasteiger partial charge in [-0.15, -0.1) is 0 Å². The van der Waals surface area contributed by atoms with Crippen LogP contribution < -0.4 is 53.2 Å². The number of anilines is 1. The predicted molar refractivity (Wildman–Crippen MR) is 289 cm³/mol. The summed E-state index contributed by atoms with van der Waals surface area (Å²) in [6.45, 7) is 36.7. The molecule has 0 unspecified atom stereocenters. The van der Waals surface area contributed by atoms with Gasteiger partial charge in [0.05, 0.1) is 0 Å². The Balaban J connectivity index is 0. The number of nitrogens with two attached hydrogens (primary N) is 1. The van der Waals surface area contributed by atoms with Gasteiger partial charge in [0.1, 0.15) is 0 Å². The van der Waals surface area contributed by atoms with Crippen LogP contribution in [0.2, 0.25) is 0 Å². The van der Waals surface area contributed by atoms with E-state index in [0.29, 0.717) is 0 Å². The first-order chi connectivity index (χ1) is 32.4. The largest absolute Gasteiger partial charge is 0.370 e. The van der Waals surface area contributed by atoms with Crippen LogP contribution >= 0.6 is 11.8 Å². The van der Waals surface area contributed by atoms with Crippen molar-refractivity contribution in [1.29, 1.82) is 16.2 Å². The van der Waals surface area contributed by atoms with E-state index in [4.69, 9.17) is 16.2 Å². The number of rotatable bonds is 3. The summed E-state index contributed by atoms with van der Waals surface area (Å²) >= 11 is 2.03. The van der Waals surface area contributed by atoms with Crippen molar-refractivity contribution in [2.45, 2.75) is 32.7 Å². The molecule has 66 heavy (non-hydrogen) atoms. The molecule has 13 N–H and O–H groups in total. The number of thioether (sulfide) groups is 1. The first-order valence-electron chi connectivity index (χ1n) is 23.9. The summed E-state index contributed by atoms with van der Waals surface area (Å²) in [6, 6.07) is 21.3. The molecule has 0 saturated carbocycles. The maximum absolute atomic E-state index is 9.22. The Hall–Kier alpha value is -3.37. The van der Waals surface area contributed by atoms with Crippen LogP contribution in [0.1, 0.15) is 31.7 Å². The van der Waals surface area contributed by atoms with E-state index in [1.807, 2.05) is 11.8 Å². The third-order valence-corrected chi connectivity index (χ3v) is 11.1. The zero-order valence-corrected chi connectivity index (χ0v) is 42.4. The standard InChI is InChI=1S/C11H16N2.C10H14N2.C5H12N2.C5H11N.2C4H10N2.C4H9NS.C2H5NO.3CH3N/c1-2-4-11(5-3-1)10-13-8-6-12-7-9-13;1-2-4-10(5-3-1)12-8-6-11-7-9-12;1-7-4-2-6-3-5-7;1-2-4-6-5-3-1;1-6-3-2-5-4-6;1-2-6-4-3-5-1;1-3-6-4-2-5-1;1-2(3)4;3*1-2/h1-5,12H,6-10H2;1-5,11H,6-9H2;6H,2-5H2,1H3;6H,1-5H2;5H,2-4H2,1H3;5-6H,1-4H2;5H,1-4H2;1H3,(H2,3,4);3*2H,1H2. The Morgan fingerprint density at radius 2 is 0.894 bits per heavy atom. The normalized spacial score (nSPS) is 19.0. The highest BCUT2D eigenvalue weighted by Gasteiger charge is 2.10. The average molecular weight is 945 g/mol. The Labute approximate surface area is 406 Å². The van der Waals surface area contributed by atoms with E-state index in [9.17, 15) is 4.79 Å². The van der Waals surface area contributed by atoms with E-state index in [-0.39, 0.29) is 5.91 Å². The minimum absolute atomic E-state index is 0.333. The van der Waals surface area contributed by atoms with Gasteiger partial charge in [-0.25, -0.2) is 0 Å². The number of benzene rings is 2. The van der Waals surface area contributed by atoms with Crippen molar-refractivity contribution < 1.29 is 4.79 Å². The van der Waals surface area contributed by atoms with Crippen molar-refractivity contribution in [2.75, 3.05) is 181 Å². The SMILES string of the molecule is C1CCNCC1.C1CNCCN1.C1CSCCN1.C=N.C=N.C=N.CC(N)=O.CN1CCNC1.CN1CCNCC1.c1ccc(CN2CCNCC2)cc1.c1ccc(N2CCNCC2)cc1. The van der Waals surface area contributed by atoms with E-state index >= 15 is 0 Å². The van der Waals surface area contributed by atoms with Gasteiger partial charge in [-0.05, 0) is 77.9 Å². The summed E-state index contributed by atoms with van der Waals surface area (Å²) in [5.74, 6) is 2.28. The molecule has 7 heterocycles. The van der Waals surface area contributed by atoms with Crippen LogP contribution in [0.3, 0.4) is 0 Å². The molecule has 2 aromatic rings. The molecule has 7 aliphatic rings. The summed E-state index contributed by atoms with van der Waals surface area (Å²) < 4.78 is 0. The number of carbonyl (C=O) groups is 1. The smallest absolute Gasteiger partial charge is 0.214 e. The number of primary amides is 1. The minimum atomic E-state index is -0.333. The molecule has 7 aliphatic heterocycles. The van der Waals surface area contributed by atoms with Gasteiger partial charge in [-0.1, -0.05) is 55.0 Å². The van der Waals surface area contributed by atoms with E-state index in [1.54, 1.807) is 0 Å². The number of likely N-dealkylation sites (N-methyl/N-ethyl adjacent to an activating group) is 2. The Bertz CT molecular complexity index is 1170. The number of para-hydroxylation sites is 1. The predicted octanol–water partition coefficient (Wildman–Crippen LogP) is 1.74. The fourth-order valence-corrected chi connectivity index (χ4v) is 7.37. The van der Waals surface area contributed by atoms with Gasteiger partial charge in [0.25, 0.3) is 0 Å². The second-order valence-electron chi connectivity index (χ2n) is 15.7. The van der Waals surface area contributed by atoms with Gasteiger partial charge < -0.3 is 74.3 Å².